The second kappa shape index (κ2) is 4.10. The van der Waals surface area contributed by atoms with Crippen molar-refractivity contribution in [3.05, 3.63) is 10.8 Å². The first-order valence-corrected chi connectivity index (χ1v) is 5.86. The van der Waals surface area contributed by atoms with Crippen molar-refractivity contribution in [3.63, 3.8) is 0 Å². The Hall–Kier alpha value is -0.0431. The lowest BCUT2D eigenvalue weighted by Gasteiger charge is -2.23. The van der Waals surface area contributed by atoms with Crippen molar-refractivity contribution in [1.82, 2.24) is 0 Å². The fourth-order valence-corrected chi connectivity index (χ4v) is 2.35. The average molecular weight is 168 g/mol. The predicted octanol–water partition coefficient (Wildman–Crippen LogP) is 2.23. The van der Waals surface area contributed by atoms with Crippen LogP contribution in [0.2, 0.25) is 0 Å². The van der Waals surface area contributed by atoms with Crippen LogP contribution in [0.3, 0.4) is 0 Å². The lowest BCUT2D eigenvalue weighted by atomic mass is 9.84. The van der Waals surface area contributed by atoms with Crippen LogP contribution in [0.25, 0.3) is 0 Å². The van der Waals surface area contributed by atoms with Crippen molar-refractivity contribution in [2.45, 2.75) is 46.0 Å². The van der Waals surface area contributed by atoms with Gasteiger partial charge in [0.05, 0.1) is 0 Å². The van der Waals surface area contributed by atoms with Crippen LogP contribution < -0.4 is 0 Å². The average Bonchev–Trinajstić information content (AvgIpc) is 2.05. The molecule has 64 valence electrons. The maximum atomic E-state index is 2.35. The van der Waals surface area contributed by atoms with Gasteiger partial charge in [-0.1, -0.05) is 30.0 Å². The second-order valence-electron chi connectivity index (χ2n) is 4.02. The minimum absolute atomic E-state index is 0.959. The van der Waals surface area contributed by atoms with Gasteiger partial charge in [-0.15, -0.1) is 0 Å². The molecule has 0 radical (unpaired) electrons. The highest BCUT2D eigenvalue weighted by Crippen LogP contribution is 2.30. The van der Waals surface area contributed by atoms with Crippen molar-refractivity contribution in [2.75, 3.05) is 0 Å². The van der Waals surface area contributed by atoms with Gasteiger partial charge >= 0.3 is 0 Å². The molecule has 1 fully saturated rings. The third-order valence-electron chi connectivity index (χ3n) is 3.01. The van der Waals surface area contributed by atoms with E-state index >= 15 is 0 Å². The van der Waals surface area contributed by atoms with Gasteiger partial charge in [-0.3, -0.25) is 0 Å². The Morgan fingerprint density at radius 3 is 2.09 bits per heavy atom. The van der Waals surface area contributed by atoms with Crippen LogP contribution in [0.1, 0.15) is 46.0 Å². The van der Waals surface area contributed by atoms with E-state index in [-0.39, 0.29) is 0 Å². The molecule has 0 nitrogen and oxygen atoms in total. The normalized spacial score (nSPS) is 23.5. The topological polar surface area (TPSA) is 0 Å². The number of hydrogen-bond donors (Lipinski definition) is 0. The number of rotatable bonds is 1. The summed E-state index contributed by atoms with van der Waals surface area (Å²) in [5.74, 6) is 0.959. The van der Waals surface area contributed by atoms with Gasteiger partial charge in [0.2, 0.25) is 0 Å². The van der Waals surface area contributed by atoms with E-state index in [1.165, 1.54) is 42.3 Å². The molecule has 0 heterocycles. The van der Waals surface area contributed by atoms with E-state index in [2.05, 4.69) is 13.8 Å². The van der Waals surface area contributed by atoms with E-state index in [0.29, 0.717) is 0 Å². The van der Waals surface area contributed by atoms with Crippen LogP contribution in [0, 0.1) is 5.92 Å². The molecule has 0 N–H and O–H groups in total. The van der Waals surface area contributed by atoms with Crippen LogP contribution in [0.15, 0.2) is 10.8 Å². The summed E-state index contributed by atoms with van der Waals surface area (Å²) in [4.78, 5) is 0. The Bertz CT molecular complexity index is 148. The summed E-state index contributed by atoms with van der Waals surface area (Å²) in [6, 6.07) is 0. The Morgan fingerprint density at radius 1 is 1.09 bits per heavy atom. The molecule has 0 atom stereocenters. The molecule has 1 aliphatic rings. The molecule has 0 unspecified atom stereocenters. The summed E-state index contributed by atoms with van der Waals surface area (Å²) >= 11 is 0. The maximum Gasteiger partial charge on any atom is 0.0328 e. The van der Waals surface area contributed by atoms with Crippen molar-refractivity contribution in [3.8, 4) is 0 Å². The first kappa shape index (κ1) is 9.05. The molecule has 1 rings (SSSR count). The van der Waals surface area contributed by atoms with Crippen molar-refractivity contribution >= 4 is 10.2 Å². The monoisotopic (exact) mass is 168 g/mol. The standard InChI is InChI=1S/C10H20Si/c1-8(9(2)11)10-6-4-3-5-7-10/h10H,3-7H2,1-2,11H3. The number of hydrogen-bond acceptors (Lipinski definition) is 0. The molecule has 0 aromatic carbocycles. The summed E-state index contributed by atoms with van der Waals surface area (Å²) in [5, 5.41) is 1.68. The molecule has 1 heteroatoms. The molecule has 1 saturated carbocycles. The first-order valence-electron chi connectivity index (χ1n) is 4.86. The third-order valence-corrected chi connectivity index (χ3v) is 3.79. The molecule has 1 aliphatic carbocycles. The Kier molecular flexibility index (Phi) is 3.37. The van der Waals surface area contributed by atoms with E-state index in [1.54, 1.807) is 10.8 Å². The minimum Gasteiger partial charge on any atom is -0.0956 e. The van der Waals surface area contributed by atoms with Crippen LogP contribution >= 0.6 is 0 Å². The van der Waals surface area contributed by atoms with Crippen LogP contribution in [0.4, 0.5) is 0 Å². The highest BCUT2D eigenvalue weighted by molar-refractivity contribution is 6.21. The zero-order valence-electron chi connectivity index (χ0n) is 8.11. The number of allylic oxidation sites excluding steroid dienone is 2. The zero-order chi connectivity index (χ0) is 8.27. The van der Waals surface area contributed by atoms with E-state index in [0.717, 1.165) is 5.92 Å². The SMILES string of the molecule is CC([SiH3])=C(C)C1CCCCC1. The Labute approximate surface area is 73.5 Å². The van der Waals surface area contributed by atoms with Crippen LogP contribution in [-0.4, -0.2) is 10.2 Å². The summed E-state index contributed by atoms with van der Waals surface area (Å²) in [6.07, 6.45) is 7.34. The first-order chi connectivity index (χ1) is 5.22. The van der Waals surface area contributed by atoms with Gasteiger partial charge in [-0.25, -0.2) is 0 Å². The fourth-order valence-electron chi connectivity index (χ4n) is 1.94. The van der Waals surface area contributed by atoms with Gasteiger partial charge in [-0.05, 0) is 32.6 Å². The molecule has 0 spiro atoms. The minimum atomic E-state index is 0.959. The molecular formula is C10H20Si. The molecule has 0 bridgehead atoms. The zero-order valence-corrected chi connectivity index (χ0v) is 10.1. The van der Waals surface area contributed by atoms with Crippen molar-refractivity contribution < 1.29 is 0 Å². The quantitative estimate of drug-likeness (QED) is 0.527. The van der Waals surface area contributed by atoms with Gasteiger partial charge in [0.15, 0.2) is 0 Å². The highest BCUT2D eigenvalue weighted by Gasteiger charge is 2.14. The highest BCUT2D eigenvalue weighted by atomic mass is 28.1. The third kappa shape index (κ3) is 2.48. The fraction of sp³-hybridized carbons (Fsp3) is 0.800. The van der Waals surface area contributed by atoms with Gasteiger partial charge in [0.25, 0.3) is 0 Å². The van der Waals surface area contributed by atoms with Gasteiger partial charge in [0, 0.05) is 10.2 Å². The predicted molar refractivity (Wildman–Crippen MR) is 54.9 cm³/mol. The van der Waals surface area contributed by atoms with Gasteiger partial charge < -0.3 is 0 Å². The molecule has 0 aliphatic heterocycles. The van der Waals surface area contributed by atoms with Crippen LogP contribution in [0.5, 0.6) is 0 Å². The second-order valence-corrected chi connectivity index (χ2v) is 5.52. The van der Waals surface area contributed by atoms with E-state index in [4.69, 9.17) is 0 Å². The Balaban J connectivity index is 2.52. The van der Waals surface area contributed by atoms with Crippen molar-refractivity contribution in [2.24, 2.45) is 5.92 Å². The molecule has 11 heavy (non-hydrogen) atoms. The summed E-state index contributed by atoms with van der Waals surface area (Å²) < 4.78 is 0. The summed E-state index contributed by atoms with van der Waals surface area (Å²) in [5.41, 5.74) is 1.72. The molecular weight excluding hydrogens is 148 g/mol. The Morgan fingerprint density at radius 2 is 1.64 bits per heavy atom. The summed E-state index contributed by atoms with van der Waals surface area (Å²) in [6.45, 7) is 4.65. The molecule has 0 saturated heterocycles. The lowest BCUT2D eigenvalue weighted by Crippen LogP contribution is -2.08. The van der Waals surface area contributed by atoms with E-state index in [1.807, 2.05) is 0 Å². The molecule has 0 amide bonds. The summed E-state index contributed by atoms with van der Waals surface area (Å²) in [7, 11) is 1.27. The molecule has 0 aromatic heterocycles. The van der Waals surface area contributed by atoms with E-state index < -0.39 is 0 Å². The van der Waals surface area contributed by atoms with Gasteiger partial charge in [0.1, 0.15) is 0 Å². The van der Waals surface area contributed by atoms with Crippen molar-refractivity contribution in [1.29, 1.82) is 0 Å². The smallest absolute Gasteiger partial charge is 0.0328 e. The largest absolute Gasteiger partial charge is 0.0956 e. The van der Waals surface area contributed by atoms with Crippen LogP contribution in [-0.2, 0) is 0 Å². The maximum absolute atomic E-state index is 2.35. The van der Waals surface area contributed by atoms with E-state index in [9.17, 15) is 0 Å². The van der Waals surface area contributed by atoms with Gasteiger partial charge in [-0.2, -0.15) is 0 Å². The lowest BCUT2D eigenvalue weighted by molar-refractivity contribution is 0.402. The molecule has 0 aromatic rings.